The number of nitrogens with zero attached hydrogens (tertiary/aromatic N) is 3. The molecule has 1 aliphatic heterocycles. The summed E-state index contributed by atoms with van der Waals surface area (Å²) in [5, 5.41) is 4.72. The van der Waals surface area contributed by atoms with Gasteiger partial charge in [0.2, 0.25) is 11.8 Å². The fraction of sp³-hybridized carbons (Fsp3) is 0.471. The number of rotatable bonds is 4. The molecule has 1 aromatic heterocycles. The van der Waals surface area contributed by atoms with E-state index in [1.54, 1.807) is 0 Å². The highest BCUT2D eigenvalue weighted by atomic mass is 35.5. The van der Waals surface area contributed by atoms with Gasteiger partial charge in [-0.15, -0.1) is 0 Å². The Morgan fingerprint density at radius 2 is 2.09 bits per heavy atom. The van der Waals surface area contributed by atoms with E-state index >= 15 is 0 Å². The highest BCUT2D eigenvalue weighted by Gasteiger charge is 2.30. The number of carbonyl (C=O) groups excluding carboxylic acids is 1. The van der Waals surface area contributed by atoms with Crippen LogP contribution >= 0.6 is 11.6 Å². The van der Waals surface area contributed by atoms with Crippen LogP contribution in [0.1, 0.15) is 55.8 Å². The van der Waals surface area contributed by atoms with Crippen molar-refractivity contribution in [3.05, 3.63) is 46.6 Å². The lowest BCUT2D eigenvalue weighted by atomic mass is 9.97. The van der Waals surface area contributed by atoms with Gasteiger partial charge in [-0.05, 0) is 24.1 Å². The van der Waals surface area contributed by atoms with Crippen LogP contribution in [0.15, 0.2) is 28.8 Å². The molecule has 1 aromatic carbocycles. The second-order valence-electron chi connectivity index (χ2n) is 6.28. The maximum absolute atomic E-state index is 12.2. The van der Waals surface area contributed by atoms with E-state index in [2.05, 4.69) is 10.1 Å². The van der Waals surface area contributed by atoms with Crippen molar-refractivity contribution in [3.63, 3.8) is 0 Å². The van der Waals surface area contributed by atoms with Crippen molar-refractivity contribution >= 4 is 17.5 Å². The van der Waals surface area contributed by atoms with Gasteiger partial charge < -0.3 is 9.42 Å². The summed E-state index contributed by atoms with van der Waals surface area (Å²) in [6.45, 7) is 5.26. The van der Waals surface area contributed by atoms with Crippen molar-refractivity contribution in [3.8, 4) is 0 Å². The van der Waals surface area contributed by atoms with E-state index in [4.69, 9.17) is 16.1 Å². The third-order valence-electron chi connectivity index (χ3n) is 4.11. The van der Waals surface area contributed by atoms with E-state index in [0.717, 1.165) is 17.8 Å². The second-order valence-corrected chi connectivity index (χ2v) is 6.72. The Balaban J connectivity index is 1.70. The van der Waals surface area contributed by atoms with Crippen molar-refractivity contribution in [1.29, 1.82) is 0 Å². The predicted molar refractivity (Wildman–Crippen MR) is 87.2 cm³/mol. The highest BCUT2D eigenvalue weighted by molar-refractivity contribution is 6.30. The Morgan fingerprint density at radius 3 is 2.74 bits per heavy atom. The number of amides is 1. The van der Waals surface area contributed by atoms with Gasteiger partial charge in [-0.25, -0.2) is 0 Å². The van der Waals surface area contributed by atoms with Gasteiger partial charge in [0.15, 0.2) is 5.82 Å². The number of likely N-dealkylation sites (tertiary alicyclic amines) is 1. The monoisotopic (exact) mass is 333 g/mol. The van der Waals surface area contributed by atoms with Crippen LogP contribution in [0.2, 0.25) is 5.02 Å². The molecule has 0 bridgehead atoms. The predicted octanol–water partition coefficient (Wildman–Crippen LogP) is 3.75. The number of carbonyl (C=O) groups is 1. The first-order valence-corrected chi connectivity index (χ1v) is 8.26. The average Bonchev–Trinajstić information content (AvgIpc) is 3.02. The molecule has 0 spiro atoms. The van der Waals surface area contributed by atoms with Crippen LogP contribution < -0.4 is 0 Å². The summed E-state index contributed by atoms with van der Waals surface area (Å²) in [7, 11) is 0. The molecule has 1 fully saturated rings. The molecule has 2 aromatic rings. The molecule has 0 N–H and O–H groups in total. The minimum absolute atomic E-state index is 0.111. The average molecular weight is 334 g/mol. The molecular weight excluding hydrogens is 314 g/mol. The topological polar surface area (TPSA) is 59.2 Å². The quantitative estimate of drug-likeness (QED) is 0.855. The molecule has 5 nitrogen and oxygen atoms in total. The summed E-state index contributed by atoms with van der Waals surface area (Å²) in [6, 6.07) is 7.58. The number of piperidine rings is 1. The lowest BCUT2D eigenvalue weighted by Gasteiger charge is -2.31. The summed E-state index contributed by atoms with van der Waals surface area (Å²) in [4.78, 5) is 18.5. The van der Waals surface area contributed by atoms with Crippen LogP contribution in [-0.2, 0) is 11.3 Å². The van der Waals surface area contributed by atoms with Crippen LogP contribution in [0.4, 0.5) is 0 Å². The van der Waals surface area contributed by atoms with Crippen LogP contribution in [0.5, 0.6) is 0 Å². The molecule has 3 rings (SSSR count). The van der Waals surface area contributed by atoms with Gasteiger partial charge in [-0.3, -0.25) is 4.79 Å². The zero-order valence-electron chi connectivity index (χ0n) is 13.3. The van der Waals surface area contributed by atoms with Crippen LogP contribution in [0, 0.1) is 0 Å². The second kappa shape index (κ2) is 6.71. The largest absolute Gasteiger partial charge is 0.339 e. The first-order chi connectivity index (χ1) is 11.0. The van der Waals surface area contributed by atoms with E-state index in [0.29, 0.717) is 30.4 Å². The maximum Gasteiger partial charge on any atom is 0.231 e. The molecule has 2 heterocycles. The summed E-state index contributed by atoms with van der Waals surface area (Å²) >= 11 is 5.91. The van der Waals surface area contributed by atoms with Gasteiger partial charge in [0.25, 0.3) is 0 Å². The SMILES string of the molecule is CC(C)c1noc([C@@H]2CCC(=O)N(Cc3ccc(Cl)cc3)C2)n1. The Kier molecular flexibility index (Phi) is 4.66. The molecule has 1 atom stereocenters. The van der Waals surface area contributed by atoms with Crippen molar-refractivity contribution in [2.24, 2.45) is 0 Å². The maximum atomic E-state index is 12.2. The van der Waals surface area contributed by atoms with E-state index in [1.807, 2.05) is 43.0 Å². The standard InChI is InChI=1S/C17H20ClN3O2/c1-11(2)16-19-17(23-20-16)13-5-8-15(22)21(10-13)9-12-3-6-14(18)7-4-12/h3-4,6-7,11,13H,5,8-10H2,1-2H3/t13-/m1/s1. The van der Waals surface area contributed by atoms with Crippen molar-refractivity contribution < 1.29 is 9.32 Å². The van der Waals surface area contributed by atoms with E-state index in [9.17, 15) is 4.79 Å². The lowest BCUT2D eigenvalue weighted by Crippen LogP contribution is -2.38. The molecule has 6 heteroatoms. The number of hydrogen-bond acceptors (Lipinski definition) is 4. The Morgan fingerprint density at radius 1 is 1.35 bits per heavy atom. The van der Waals surface area contributed by atoms with Crippen molar-refractivity contribution in [1.82, 2.24) is 15.0 Å². The highest BCUT2D eigenvalue weighted by Crippen LogP contribution is 2.28. The Bertz CT molecular complexity index is 681. The van der Waals surface area contributed by atoms with E-state index in [1.165, 1.54) is 0 Å². The molecule has 0 aliphatic carbocycles. The van der Waals surface area contributed by atoms with Crippen LogP contribution in [0.3, 0.4) is 0 Å². The summed E-state index contributed by atoms with van der Waals surface area (Å²) in [5.41, 5.74) is 1.07. The zero-order chi connectivity index (χ0) is 16.4. The normalized spacial score (nSPS) is 18.7. The van der Waals surface area contributed by atoms with E-state index < -0.39 is 0 Å². The number of aromatic nitrogens is 2. The summed E-state index contributed by atoms with van der Waals surface area (Å²) < 4.78 is 5.40. The fourth-order valence-electron chi connectivity index (χ4n) is 2.73. The van der Waals surface area contributed by atoms with Gasteiger partial charge in [0.05, 0.1) is 5.92 Å². The molecule has 23 heavy (non-hydrogen) atoms. The van der Waals surface area contributed by atoms with Gasteiger partial charge >= 0.3 is 0 Å². The van der Waals surface area contributed by atoms with E-state index in [-0.39, 0.29) is 17.7 Å². The fourth-order valence-corrected chi connectivity index (χ4v) is 2.85. The molecule has 122 valence electrons. The van der Waals surface area contributed by atoms with Gasteiger partial charge in [-0.1, -0.05) is 42.7 Å². The molecule has 0 radical (unpaired) electrons. The minimum Gasteiger partial charge on any atom is -0.339 e. The summed E-state index contributed by atoms with van der Waals surface area (Å²) in [5.74, 6) is 1.88. The molecule has 0 unspecified atom stereocenters. The van der Waals surface area contributed by atoms with Gasteiger partial charge in [0, 0.05) is 30.5 Å². The van der Waals surface area contributed by atoms with Crippen LogP contribution in [0.25, 0.3) is 0 Å². The van der Waals surface area contributed by atoms with Crippen LogP contribution in [-0.4, -0.2) is 27.5 Å². The Hall–Kier alpha value is -1.88. The molecule has 1 saturated heterocycles. The van der Waals surface area contributed by atoms with Crippen molar-refractivity contribution in [2.75, 3.05) is 6.54 Å². The molecule has 1 aliphatic rings. The Labute approximate surface area is 140 Å². The first kappa shape index (κ1) is 16.0. The lowest BCUT2D eigenvalue weighted by molar-refractivity contribution is -0.134. The third-order valence-corrected chi connectivity index (χ3v) is 4.36. The molecule has 1 amide bonds. The zero-order valence-corrected chi connectivity index (χ0v) is 14.1. The first-order valence-electron chi connectivity index (χ1n) is 7.88. The summed E-state index contributed by atoms with van der Waals surface area (Å²) in [6.07, 6.45) is 1.27. The van der Waals surface area contributed by atoms with Crippen molar-refractivity contribution in [2.45, 2.75) is 45.1 Å². The molecular formula is C17H20ClN3O2. The van der Waals surface area contributed by atoms with Gasteiger partial charge in [-0.2, -0.15) is 4.98 Å². The minimum atomic E-state index is 0.111. The molecule has 0 saturated carbocycles. The third kappa shape index (κ3) is 3.72. The number of benzene rings is 1. The number of hydrogen-bond donors (Lipinski definition) is 0. The number of halogens is 1. The smallest absolute Gasteiger partial charge is 0.231 e. The van der Waals surface area contributed by atoms with Gasteiger partial charge in [0.1, 0.15) is 0 Å².